The van der Waals surface area contributed by atoms with Gasteiger partial charge in [-0.05, 0) is 36.2 Å². The first kappa shape index (κ1) is 22.9. The molecule has 0 spiro atoms. The number of hydrogen-bond donors (Lipinski definition) is 1. The Morgan fingerprint density at radius 3 is 2.42 bits per heavy atom. The van der Waals surface area contributed by atoms with E-state index in [1.807, 2.05) is 96.4 Å². The molecule has 0 aliphatic heterocycles. The van der Waals surface area contributed by atoms with Crippen LogP contribution in [0.5, 0.6) is 0 Å². The molecule has 8 heteroatoms. The van der Waals surface area contributed by atoms with Gasteiger partial charge in [-0.3, -0.25) is 9.36 Å². The summed E-state index contributed by atoms with van der Waals surface area (Å²) in [5.74, 6) is 0.674. The van der Waals surface area contributed by atoms with Crippen molar-refractivity contribution in [2.75, 3.05) is 5.75 Å². The number of benzene rings is 3. The standard InChI is InChI=1S/C25H22BrN5OS/c1-2-22(18-10-5-3-6-11-18)27-28-23(32)17-33-25-30-29-24(19-12-9-13-20(26)16-19)31(25)21-14-7-4-8-15-21/h3-16H,2,17H2,1H3,(H,28,32)/b27-22-. The predicted octanol–water partition coefficient (Wildman–Crippen LogP) is 5.72. The second-order valence-electron chi connectivity index (χ2n) is 7.09. The van der Waals surface area contributed by atoms with Gasteiger partial charge in [-0.15, -0.1) is 10.2 Å². The van der Waals surface area contributed by atoms with Crippen molar-refractivity contribution in [3.8, 4) is 17.1 Å². The molecule has 0 aliphatic carbocycles. The molecule has 1 aromatic heterocycles. The van der Waals surface area contributed by atoms with Crippen molar-refractivity contribution in [2.45, 2.75) is 18.5 Å². The molecule has 1 amide bonds. The summed E-state index contributed by atoms with van der Waals surface area (Å²) in [6.45, 7) is 2.01. The summed E-state index contributed by atoms with van der Waals surface area (Å²) >= 11 is 4.84. The maximum Gasteiger partial charge on any atom is 0.250 e. The zero-order valence-corrected chi connectivity index (χ0v) is 20.4. The lowest BCUT2D eigenvalue weighted by Crippen LogP contribution is -2.22. The van der Waals surface area contributed by atoms with Crippen LogP contribution in [0.25, 0.3) is 17.1 Å². The Kier molecular flexibility index (Phi) is 7.70. The zero-order chi connectivity index (χ0) is 23.0. The second kappa shape index (κ2) is 11.1. The zero-order valence-electron chi connectivity index (χ0n) is 18.0. The van der Waals surface area contributed by atoms with Gasteiger partial charge in [0.1, 0.15) is 0 Å². The van der Waals surface area contributed by atoms with Crippen LogP contribution in [0.1, 0.15) is 18.9 Å². The fraction of sp³-hybridized carbons (Fsp3) is 0.120. The Bertz CT molecular complexity index is 1260. The number of nitrogens with zero attached hydrogens (tertiary/aromatic N) is 4. The van der Waals surface area contributed by atoms with E-state index in [1.54, 1.807) is 0 Å². The molecule has 0 atom stereocenters. The van der Waals surface area contributed by atoms with Gasteiger partial charge in [0, 0.05) is 15.7 Å². The van der Waals surface area contributed by atoms with Crippen LogP contribution in [-0.4, -0.2) is 32.1 Å². The van der Waals surface area contributed by atoms with Gasteiger partial charge in [-0.25, -0.2) is 5.43 Å². The van der Waals surface area contributed by atoms with Crippen molar-refractivity contribution in [1.29, 1.82) is 0 Å². The molecule has 0 bridgehead atoms. The molecule has 0 unspecified atom stereocenters. The number of para-hydroxylation sites is 1. The summed E-state index contributed by atoms with van der Waals surface area (Å²) in [6, 6.07) is 27.6. The van der Waals surface area contributed by atoms with Crippen molar-refractivity contribution in [2.24, 2.45) is 5.10 Å². The largest absolute Gasteiger partial charge is 0.272 e. The molecule has 0 saturated heterocycles. The summed E-state index contributed by atoms with van der Waals surface area (Å²) in [5.41, 5.74) is 6.35. The molecule has 0 aliphatic rings. The molecule has 166 valence electrons. The smallest absolute Gasteiger partial charge is 0.250 e. The van der Waals surface area contributed by atoms with Gasteiger partial charge >= 0.3 is 0 Å². The summed E-state index contributed by atoms with van der Waals surface area (Å²) in [6.07, 6.45) is 0.718. The van der Waals surface area contributed by atoms with Gasteiger partial charge < -0.3 is 0 Å². The van der Waals surface area contributed by atoms with Crippen LogP contribution < -0.4 is 5.43 Å². The molecule has 6 nitrogen and oxygen atoms in total. The van der Waals surface area contributed by atoms with Gasteiger partial charge in [0.15, 0.2) is 11.0 Å². The van der Waals surface area contributed by atoms with Crippen molar-refractivity contribution < 1.29 is 4.79 Å². The third-order valence-corrected chi connectivity index (χ3v) is 6.24. The van der Waals surface area contributed by atoms with Gasteiger partial charge in [0.2, 0.25) is 0 Å². The van der Waals surface area contributed by atoms with Crippen molar-refractivity contribution in [3.05, 3.63) is 95.0 Å². The lowest BCUT2D eigenvalue weighted by atomic mass is 10.1. The molecule has 33 heavy (non-hydrogen) atoms. The third-order valence-electron chi connectivity index (χ3n) is 4.82. The first-order valence-corrected chi connectivity index (χ1v) is 12.2. The maximum atomic E-state index is 12.5. The van der Waals surface area contributed by atoms with Crippen LogP contribution in [-0.2, 0) is 4.79 Å². The summed E-state index contributed by atoms with van der Waals surface area (Å²) < 4.78 is 2.92. The molecule has 0 fully saturated rings. The minimum atomic E-state index is -0.200. The van der Waals surface area contributed by atoms with Crippen LogP contribution in [0.3, 0.4) is 0 Å². The quantitative estimate of drug-likeness (QED) is 0.183. The number of halogens is 1. The second-order valence-corrected chi connectivity index (χ2v) is 8.95. The monoisotopic (exact) mass is 519 g/mol. The minimum Gasteiger partial charge on any atom is -0.272 e. The average molecular weight is 520 g/mol. The van der Waals surface area contributed by atoms with Crippen molar-refractivity contribution >= 4 is 39.3 Å². The highest BCUT2D eigenvalue weighted by molar-refractivity contribution is 9.10. The lowest BCUT2D eigenvalue weighted by Gasteiger charge is -2.10. The Morgan fingerprint density at radius 1 is 1.00 bits per heavy atom. The van der Waals surface area contributed by atoms with Crippen LogP contribution >= 0.6 is 27.7 Å². The Hall–Kier alpha value is -3.23. The number of hydrazone groups is 1. The van der Waals surface area contributed by atoms with Gasteiger partial charge in [0.25, 0.3) is 5.91 Å². The van der Waals surface area contributed by atoms with E-state index in [0.717, 1.165) is 33.4 Å². The fourth-order valence-electron chi connectivity index (χ4n) is 3.26. The van der Waals surface area contributed by atoms with E-state index < -0.39 is 0 Å². The maximum absolute atomic E-state index is 12.5. The van der Waals surface area contributed by atoms with E-state index in [9.17, 15) is 4.79 Å². The molecule has 4 rings (SSSR count). The number of aromatic nitrogens is 3. The molecule has 3 aromatic carbocycles. The van der Waals surface area contributed by atoms with E-state index in [2.05, 4.69) is 36.7 Å². The van der Waals surface area contributed by atoms with Crippen LogP contribution in [0.4, 0.5) is 0 Å². The minimum absolute atomic E-state index is 0.165. The highest BCUT2D eigenvalue weighted by atomic mass is 79.9. The van der Waals surface area contributed by atoms with Crippen molar-refractivity contribution in [1.82, 2.24) is 20.2 Å². The SMILES string of the molecule is CC/C(=N/NC(=O)CSc1nnc(-c2cccc(Br)c2)n1-c1ccccc1)c1ccccc1. The Morgan fingerprint density at radius 2 is 1.73 bits per heavy atom. The molecule has 4 aromatic rings. The van der Waals surface area contributed by atoms with Crippen molar-refractivity contribution in [3.63, 3.8) is 0 Å². The Balaban J connectivity index is 1.53. The van der Waals surface area contributed by atoms with E-state index in [1.165, 1.54) is 11.8 Å². The summed E-state index contributed by atoms with van der Waals surface area (Å²) in [7, 11) is 0. The first-order valence-electron chi connectivity index (χ1n) is 10.5. The number of amides is 1. The predicted molar refractivity (Wildman–Crippen MR) is 137 cm³/mol. The van der Waals surface area contributed by atoms with E-state index in [4.69, 9.17) is 0 Å². The highest BCUT2D eigenvalue weighted by Gasteiger charge is 2.17. The van der Waals surface area contributed by atoms with Gasteiger partial charge in [0.05, 0.1) is 11.5 Å². The average Bonchev–Trinajstić information content (AvgIpc) is 3.28. The molecular weight excluding hydrogens is 498 g/mol. The molecule has 0 radical (unpaired) electrons. The van der Waals surface area contributed by atoms with E-state index >= 15 is 0 Å². The molecule has 1 heterocycles. The molecular formula is C25H22BrN5OS. The highest BCUT2D eigenvalue weighted by Crippen LogP contribution is 2.29. The molecule has 1 N–H and O–H groups in total. The number of thioether (sulfide) groups is 1. The fourth-order valence-corrected chi connectivity index (χ4v) is 4.40. The normalized spacial score (nSPS) is 11.4. The van der Waals surface area contributed by atoms with E-state index in [-0.39, 0.29) is 11.7 Å². The number of nitrogens with one attached hydrogen (secondary N) is 1. The number of hydrogen-bond acceptors (Lipinski definition) is 5. The van der Waals surface area contributed by atoms with Crippen LogP contribution in [0, 0.1) is 0 Å². The molecule has 0 saturated carbocycles. The summed E-state index contributed by atoms with van der Waals surface area (Å²) in [4.78, 5) is 12.5. The number of carbonyl (C=O) groups excluding carboxylic acids is 1. The van der Waals surface area contributed by atoms with Crippen LogP contribution in [0.15, 0.2) is 99.7 Å². The number of carbonyl (C=O) groups is 1. The van der Waals surface area contributed by atoms with Gasteiger partial charge in [-0.2, -0.15) is 5.10 Å². The third kappa shape index (κ3) is 5.77. The Labute approximate surface area is 205 Å². The number of rotatable bonds is 8. The first-order chi connectivity index (χ1) is 16.2. The summed E-state index contributed by atoms with van der Waals surface area (Å²) in [5, 5.41) is 13.8. The van der Waals surface area contributed by atoms with Crippen LogP contribution in [0.2, 0.25) is 0 Å². The topological polar surface area (TPSA) is 72.2 Å². The van der Waals surface area contributed by atoms with Gasteiger partial charge in [-0.1, -0.05) is 95.3 Å². The van der Waals surface area contributed by atoms with E-state index in [0.29, 0.717) is 11.0 Å². The lowest BCUT2D eigenvalue weighted by molar-refractivity contribution is -0.118.